The highest BCUT2D eigenvalue weighted by Crippen LogP contribution is 2.20. The van der Waals surface area contributed by atoms with E-state index in [2.05, 4.69) is 0 Å². The molecule has 0 bridgehead atoms. The van der Waals surface area contributed by atoms with Crippen LogP contribution in [-0.4, -0.2) is 29.3 Å². The summed E-state index contributed by atoms with van der Waals surface area (Å²) < 4.78 is 4.75. The predicted octanol–water partition coefficient (Wildman–Crippen LogP) is 1.51. The molecule has 6 heteroatoms. The number of rotatable bonds is 3. The summed E-state index contributed by atoms with van der Waals surface area (Å²) in [4.78, 5) is 21.2. The zero-order chi connectivity index (χ0) is 10.7. The molecule has 2 N–H and O–H groups in total. The fourth-order valence-electron chi connectivity index (χ4n) is 1.00. The number of carboxylic acids is 2. The summed E-state index contributed by atoms with van der Waals surface area (Å²) in [5.74, 6) is -2.24. The number of carboxylic acid groups (broad SMARTS) is 2. The van der Waals surface area contributed by atoms with Crippen molar-refractivity contribution in [3.05, 3.63) is 29.3 Å². The monoisotopic (exact) mass is 232 g/mol. The molecule has 1 aromatic carbocycles. The van der Waals surface area contributed by atoms with Gasteiger partial charge in [0.05, 0.1) is 12.7 Å². The number of benzene rings is 1. The SMILES string of the molecule is COc1cc(C(=O)O)ccc1C(=O)O.Cl. The van der Waals surface area contributed by atoms with Gasteiger partial charge in [-0.3, -0.25) is 0 Å². The van der Waals surface area contributed by atoms with E-state index >= 15 is 0 Å². The average Bonchev–Trinajstić information content (AvgIpc) is 2.16. The molecule has 0 saturated carbocycles. The first-order chi connectivity index (χ1) is 6.56. The molecule has 1 rings (SSSR count). The van der Waals surface area contributed by atoms with E-state index in [9.17, 15) is 9.59 Å². The molecule has 0 spiro atoms. The van der Waals surface area contributed by atoms with Gasteiger partial charge in [0.25, 0.3) is 0 Å². The fourth-order valence-corrected chi connectivity index (χ4v) is 1.00. The van der Waals surface area contributed by atoms with E-state index in [-0.39, 0.29) is 29.3 Å². The van der Waals surface area contributed by atoms with Crippen molar-refractivity contribution in [3.63, 3.8) is 0 Å². The van der Waals surface area contributed by atoms with E-state index in [1.165, 1.54) is 25.3 Å². The lowest BCUT2D eigenvalue weighted by molar-refractivity contribution is 0.0678. The van der Waals surface area contributed by atoms with E-state index in [4.69, 9.17) is 14.9 Å². The summed E-state index contributed by atoms with van der Waals surface area (Å²) in [5, 5.41) is 17.3. The fraction of sp³-hybridized carbons (Fsp3) is 0.111. The van der Waals surface area contributed by atoms with E-state index in [0.29, 0.717) is 0 Å². The molecule has 0 unspecified atom stereocenters. The molecule has 0 aliphatic heterocycles. The third-order valence-electron chi connectivity index (χ3n) is 1.68. The summed E-state index contributed by atoms with van der Waals surface area (Å²) in [5.41, 5.74) is -0.0654. The first kappa shape index (κ1) is 13.2. The summed E-state index contributed by atoms with van der Waals surface area (Å²) in [6, 6.07) is 3.59. The third-order valence-corrected chi connectivity index (χ3v) is 1.68. The molecule has 0 atom stereocenters. The molecule has 0 saturated heterocycles. The molecule has 15 heavy (non-hydrogen) atoms. The van der Waals surface area contributed by atoms with Crippen molar-refractivity contribution in [2.75, 3.05) is 7.11 Å². The smallest absolute Gasteiger partial charge is 0.339 e. The Morgan fingerprint density at radius 3 is 2.20 bits per heavy atom. The van der Waals surface area contributed by atoms with Gasteiger partial charge in [0.15, 0.2) is 0 Å². The van der Waals surface area contributed by atoms with Crippen molar-refractivity contribution in [1.82, 2.24) is 0 Å². The lowest BCUT2D eigenvalue weighted by Gasteiger charge is -2.04. The van der Waals surface area contributed by atoms with Crippen molar-refractivity contribution >= 4 is 24.3 Å². The van der Waals surface area contributed by atoms with E-state index in [0.717, 1.165) is 0 Å². The zero-order valence-electron chi connectivity index (χ0n) is 7.76. The van der Waals surface area contributed by atoms with Gasteiger partial charge in [-0.2, -0.15) is 0 Å². The minimum absolute atomic E-state index is 0. The number of ether oxygens (including phenoxy) is 1. The normalized spacial score (nSPS) is 8.87. The number of hydrogen-bond acceptors (Lipinski definition) is 3. The lowest BCUT2D eigenvalue weighted by Crippen LogP contribution is -2.03. The minimum atomic E-state index is -1.15. The van der Waals surface area contributed by atoms with Crippen molar-refractivity contribution < 1.29 is 24.5 Å². The molecular formula is C9H9ClO5. The topological polar surface area (TPSA) is 83.8 Å². The Balaban J connectivity index is 0.00000196. The summed E-state index contributed by atoms with van der Waals surface area (Å²) in [6.45, 7) is 0. The largest absolute Gasteiger partial charge is 0.496 e. The standard InChI is InChI=1S/C9H8O5.ClH/c1-14-7-4-5(8(10)11)2-3-6(7)9(12)13;/h2-4H,1H3,(H,10,11)(H,12,13);1H. The highest BCUT2D eigenvalue weighted by molar-refractivity contribution is 5.94. The van der Waals surface area contributed by atoms with Crippen LogP contribution in [0.4, 0.5) is 0 Å². The van der Waals surface area contributed by atoms with Crippen LogP contribution in [0.3, 0.4) is 0 Å². The maximum absolute atomic E-state index is 10.6. The van der Waals surface area contributed by atoms with E-state index < -0.39 is 11.9 Å². The Morgan fingerprint density at radius 2 is 1.80 bits per heavy atom. The second-order valence-corrected chi connectivity index (χ2v) is 2.53. The van der Waals surface area contributed by atoms with Gasteiger partial charge in [-0.15, -0.1) is 12.4 Å². The second-order valence-electron chi connectivity index (χ2n) is 2.53. The zero-order valence-corrected chi connectivity index (χ0v) is 8.58. The van der Waals surface area contributed by atoms with Crippen LogP contribution in [-0.2, 0) is 0 Å². The highest BCUT2D eigenvalue weighted by atomic mass is 35.5. The van der Waals surface area contributed by atoms with Crippen LogP contribution < -0.4 is 4.74 Å². The predicted molar refractivity (Wildman–Crippen MR) is 54.2 cm³/mol. The summed E-state index contributed by atoms with van der Waals surface area (Å²) in [7, 11) is 1.29. The Hall–Kier alpha value is -1.75. The van der Waals surface area contributed by atoms with Gasteiger partial charge >= 0.3 is 11.9 Å². The van der Waals surface area contributed by atoms with Gasteiger partial charge in [-0.05, 0) is 18.2 Å². The van der Waals surface area contributed by atoms with Gasteiger partial charge in [-0.1, -0.05) is 0 Å². The molecule has 1 aromatic rings. The van der Waals surface area contributed by atoms with Gasteiger partial charge in [0.1, 0.15) is 11.3 Å². The molecule has 0 amide bonds. The molecule has 5 nitrogen and oxygen atoms in total. The number of methoxy groups -OCH3 is 1. The summed E-state index contributed by atoms with van der Waals surface area (Å²) in [6.07, 6.45) is 0. The van der Waals surface area contributed by atoms with Crippen molar-refractivity contribution in [2.45, 2.75) is 0 Å². The van der Waals surface area contributed by atoms with Gasteiger partial charge in [0.2, 0.25) is 0 Å². The number of hydrogen-bond donors (Lipinski definition) is 2. The second kappa shape index (κ2) is 5.21. The van der Waals surface area contributed by atoms with Gasteiger partial charge in [0, 0.05) is 0 Å². The number of aromatic carboxylic acids is 2. The van der Waals surface area contributed by atoms with E-state index in [1.807, 2.05) is 0 Å². The van der Waals surface area contributed by atoms with Crippen molar-refractivity contribution in [2.24, 2.45) is 0 Å². The number of carbonyl (C=O) groups is 2. The lowest BCUT2D eigenvalue weighted by atomic mass is 10.1. The van der Waals surface area contributed by atoms with Crippen LogP contribution in [0.1, 0.15) is 20.7 Å². The first-order valence-corrected chi connectivity index (χ1v) is 3.71. The van der Waals surface area contributed by atoms with Crippen LogP contribution in [0, 0.1) is 0 Å². The Kier molecular flexibility index (Phi) is 4.60. The van der Waals surface area contributed by atoms with E-state index in [1.54, 1.807) is 0 Å². The maximum Gasteiger partial charge on any atom is 0.339 e. The number of halogens is 1. The quantitative estimate of drug-likeness (QED) is 0.825. The van der Waals surface area contributed by atoms with Gasteiger partial charge in [-0.25, -0.2) is 9.59 Å². The van der Waals surface area contributed by atoms with Crippen LogP contribution in [0.15, 0.2) is 18.2 Å². The molecular weight excluding hydrogens is 224 g/mol. The van der Waals surface area contributed by atoms with Crippen molar-refractivity contribution in [1.29, 1.82) is 0 Å². The Bertz CT molecular complexity index is 388. The Morgan fingerprint density at radius 1 is 1.20 bits per heavy atom. The minimum Gasteiger partial charge on any atom is -0.496 e. The van der Waals surface area contributed by atoms with Gasteiger partial charge < -0.3 is 14.9 Å². The Labute approximate surface area is 91.7 Å². The first-order valence-electron chi connectivity index (χ1n) is 3.71. The van der Waals surface area contributed by atoms with Crippen LogP contribution >= 0.6 is 12.4 Å². The molecule has 82 valence electrons. The average molecular weight is 233 g/mol. The van der Waals surface area contributed by atoms with Crippen LogP contribution in [0.2, 0.25) is 0 Å². The third kappa shape index (κ3) is 2.85. The molecule has 0 aromatic heterocycles. The summed E-state index contributed by atoms with van der Waals surface area (Å²) >= 11 is 0. The molecule has 0 radical (unpaired) electrons. The molecule has 0 fully saturated rings. The van der Waals surface area contributed by atoms with Crippen LogP contribution in [0.5, 0.6) is 5.75 Å². The molecule has 0 heterocycles. The van der Waals surface area contributed by atoms with Crippen LogP contribution in [0.25, 0.3) is 0 Å². The highest BCUT2D eigenvalue weighted by Gasteiger charge is 2.13. The maximum atomic E-state index is 10.6. The van der Waals surface area contributed by atoms with Crippen molar-refractivity contribution in [3.8, 4) is 5.75 Å². The molecule has 0 aliphatic rings. The molecule has 0 aliphatic carbocycles.